The van der Waals surface area contributed by atoms with Gasteiger partial charge in [0, 0.05) is 25.2 Å². The average molecular weight is 309 g/mol. The molecule has 8 heteroatoms. The molecule has 1 aromatic carbocycles. The molecule has 0 aliphatic carbocycles. The molecule has 0 fully saturated rings. The van der Waals surface area contributed by atoms with Gasteiger partial charge in [0.25, 0.3) is 0 Å². The fourth-order valence-corrected chi connectivity index (χ4v) is 2.99. The fraction of sp³-hybridized carbons (Fsp3) is 0.455. The molecule has 0 aliphatic heterocycles. The van der Waals surface area contributed by atoms with E-state index < -0.39 is 10.0 Å². The summed E-state index contributed by atoms with van der Waals surface area (Å²) >= 11 is 5.96. The Morgan fingerprint density at radius 1 is 1.16 bits per heavy atom. The van der Waals surface area contributed by atoms with Crippen molar-refractivity contribution in [1.29, 1.82) is 0 Å². The summed E-state index contributed by atoms with van der Waals surface area (Å²) in [7, 11) is 0.935. The maximum atomic E-state index is 12.1. The van der Waals surface area contributed by atoms with Gasteiger partial charge in [-0.3, -0.25) is 0 Å². The third-order valence-corrected chi connectivity index (χ3v) is 4.32. The SMILES string of the molecule is CNCCNS(=O)(=O)c1cc(OC)c(OC)cc1Cl. The van der Waals surface area contributed by atoms with Gasteiger partial charge in [0.1, 0.15) is 4.90 Å². The Labute approximate surface area is 118 Å². The predicted molar refractivity (Wildman–Crippen MR) is 73.7 cm³/mol. The van der Waals surface area contributed by atoms with Gasteiger partial charge in [0.15, 0.2) is 11.5 Å². The number of halogens is 1. The van der Waals surface area contributed by atoms with Crippen LogP contribution in [0.4, 0.5) is 0 Å². The van der Waals surface area contributed by atoms with E-state index in [1.807, 2.05) is 0 Å². The van der Waals surface area contributed by atoms with Crippen molar-refractivity contribution >= 4 is 21.6 Å². The Balaban J connectivity index is 3.12. The van der Waals surface area contributed by atoms with Gasteiger partial charge in [-0.25, -0.2) is 13.1 Å². The minimum atomic E-state index is -3.68. The quantitative estimate of drug-likeness (QED) is 0.731. The van der Waals surface area contributed by atoms with Crippen molar-refractivity contribution in [3.05, 3.63) is 17.2 Å². The van der Waals surface area contributed by atoms with Crippen LogP contribution in [0, 0.1) is 0 Å². The van der Waals surface area contributed by atoms with Crippen LogP contribution in [-0.4, -0.2) is 42.8 Å². The van der Waals surface area contributed by atoms with Crippen LogP contribution in [0.25, 0.3) is 0 Å². The standard InChI is InChI=1S/C11H17ClN2O4S/c1-13-4-5-14-19(15,16)11-7-10(18-3)9(17-2)6-8(11)12/h6-7,13-14H,4-5H2,1-3H3. The maximum Gasteiger partial charge on any atom is 0.242 e. The molecular weight excluding hydrogens is 292 g/mol. The van der Waals surface area contributed by atoms with E-state index in [1.165, 1.54) is 26.4 Å². The Bertz CT molecular complexity index is 534. The predicted octanol–water partition coefficient (Wildman–Crippen LogP) is 0.855. The zero-order valence-electron chi connectivity index (χ0n) is 11.0. The van der Waals surface area contributed by atoms with Crippen LogP contribution in [0.1, 0.15) is 0 Å². The molecule has 0 radical (unpaired) electrons. The monoisotopic (exact) mass is 308 g/mol. The van der Waals surface area contributed by atoms with Crippen LogP contribution >= 0.6 is 11.6 Å². The summed E-state index contributed by atoms with van der Waals surface area (Å²) in [5.41, 5.74) is 0. The number of ether oxygens (including phenoxy) is 2. The van der Waals surface area contributed by atoms with Crippen molar-refractivity contribution in [3.8, 4) is 11.5 Å². The second-order valence-electron chi connectivity index (χ2n) is 3.64. The van der Waals surface area contributed by atoms with E-state index in [0.29, 0.717) is 18.0 Å². The van der Waals surface area contributed by atoms with Crippen molar-refractivity contribution < 1.29 is 17.9 Å². The first-order valence-corrected chi connectivity index (χ1v) is 7.38. The molecule has 0 saturated carbocycles. The highest BCUT2D eigenvalue weighted by Gasteiger charge is 2.20. The molecule has 19 heavy (non-hydrogen) atoms. The lowest BCUT2D eigenvalue weighted by Crippen LogP contribution is -2.30. The van der Waals surface area contributed by atoms with Crippen LogP contribution in [-0.2, 0) is 10.0 Å². The van der Waals surface area contributed by atoms with E-state index in [4.69, 9.17) is 21.1 Å². The molecule has 0 amide bonds. The Kier molecular flexibility index (Phi) is 5.86. The summed E-state index contributed by atoms with van der Waals surface area (Å²) in [4.78, 5) is -0.0390. The first-order valence-electron chi connectivity index (χ1n) is 5.52. The van der Waals surface area contributed by atoms with Gasteiger partial charge in [-0.15, -0.1) is 0 Å². The van der Waals surface area contributed by atoms with E-state index in [2.05, 4.69) is 10.0 Å². The molecule has 6 nitrogen and oxygen atoms in total. The molecule has 1 aromatic rings. The molecule has 1 rings (SSSR count). The smallest absolute Gasteiger partial charge is 0.242 e. The van der Waals surface area contributed by atoms with E-state index in [9.17, 15) is 8.42 Å². The highest BCUT2D eigenvalue weighted by molar-refractivity contribution is 7.89. The molecule has 0 unspecified atom stereocenters. The topological polar surface area (TPSA) is 76.7 Å². The summed E-state index contributed by atoms with van der Waals surface area (Å²) < 4.78 is 36.7. The lowest BCUT2D eigenvalue weighted by atomic mass is 10.3. The van der Waals surface area contributed by atoms with Crippen LogP contribution in [0.15, 0.2) is 17.0 Å². The van der Waals surface area contributed by atoms with Gasteiger partial charge >= 0.3 is 0 Å². The van der Waals surface area contributed by atoms with Crippen LogP contribution in [0.5, 0.6) is 11.5 Å². The molecule has 0 aliphatic rings. The number of benzene rings is 1. The summed E-state index contributed by atoms with van der Waals surface area (Å²) in [6.45, 7) is 0.785. The van der Waals surface area contributed by atoms with Crippen molar-refractivity contribution in [2.45, 2.75) is 4.90 Å². The summed E-state index contributed by atoms with van der Waals surface area (Å²) in [6, 6.07) is 2.75. The zero-order chi connectivity index (χ0) is 14.5. The summed E-state index contributed by atoms with van der Waals surface area (Å²) in [6.07, 6.45) is 0. The normalized spacial score (nSPS) is 11.4. The first-order chi connectivity index (χ1) is 8.96. The number of nitrogens with one attached hydrogen (secondary N) is 2. The molecule has 0 heterocycles. The van der Waals surface area contributed by atoms with Gasteiger partial charge in [-0.1, -0.05) is 11.6 Å². The summed E-state index contributed by atoms with van der Waals surface area (Å²) in [5, 5.41) is 2.92. The minimum absolute atomic E-state index is 0.0390. The zero-order valence-corrected chi connectivity index (χ0v) is 12.6. The third kappa shape index (κ3) is 3.97. The summed E-state index contributed by atoms with van der Waals surface area (Å²) in [5.74, 6) is 0.683. The number of hydrogen-bond acceptors (Lipinski definition) is 5. The minimum Gasteiger partial charge on any atom is -0.493 e. The molecule has 2 N–H and O–H groups in total. The van der Waals surface area contributed by atoms with Gasteiger partial charge in [0.2, 0.25) is 10.0 Å². The molecule has 0 atom stereocenters. The maximum absolute atomic E-state index is 12.1. The fourth-order valence-electron chi connectivity index (χ4n) is 1.43. The second-order valence-corrected chi connectivity index (χ2v) is 5.78. The highest BCUT2D eigenvalue weighted by Crippen LogP contribution is 2.35. The molecule has 0 bridgehead atoms. The largest absolute Gasteiger partial charge is 0.493 e. The highest BCUT2D eigenvalue weighted by atomic mass is 35.5. The molecule has 0 spiro atoms. The van der Waals surface area contributed by atoms with Crippen molar-refractivity contribution in [1.82, 2.24) is 10.0 Å². The molecular formula is C11H17ClN2O4S. The number of hydrogen-bond donors (Lipinski definition) is 2. The van der Waals surface area contributed by atoms with E-state index in [0.717, 1.165) is 0 Å². The number of sulfonamides is 1. The van der Waals surface area contributed by atoms with Gasteiger partial charge in [-0.05, 0) is 7.05 Å². The number of rotatable bonds is 7. The lowest BCUT2D eigenvalue weighted by molar-refractivity contribution is 0.354. The van der Waals surface area contributed by atoms with Crippen LogP contribution < -0.4 is 19.5 Å². The van der Waals surface area contributed by atoms with Gasteiger partial charge in [0.05, 0.1) is 19.2 Å². The molecule has 108 valence electrons. The Morgan fingerprint density at radius 3 is 2.26 bits per heavy atom. The third-order valence-electron chi connectivity index (χ3n) is 2.39. The van der Waals surface area contributed by atoms with Gasteiger partial charge < -0.3 is 14.8 Å². The second kappa shape index (κ2) is 6.95. The van der Waals surface area contributed by atoms with Crippen molar-refractivity contribution in [2.24, 2.45) is 0 Å². The average Bonchev–Trinajstić information content (AvgIpc) is 2.38. The number of methoxy groups -OCH3 is 2. The van der Waals surface area contributed by atoms with Crippen LogP contribution in [0.3, 0.4) is 0 Å². The van der Waals surface area contributed by atoms with Crippen molar-refractivity contribution in [2.75, 3.05) is 34.4 Å². The van der Waals surface area contributed by atoms with E-state index in [-0.39, 0.29) is 16.5 Å². The molecule has 0 aromatic heterocycles. The lowest BCUT2D eigenvalue weighted by Gasteiger charge is -2.12. The van der Waals surface area contributed by atoms with Gasteiger partial charge in [-0.2, -0.15) is 0 Å². The first kappa shape index (κ1) is 16.0. The Morgan fingerprint density at radius 2 is 1.74 bits per heavy atom. The van der Waals surface area contributed by atoms with Crippen LogP contribution in [0.2, 0.25) is 5.02 Å². The Hall–Kier alpha value is -1.02. The number of likely N-dealkylation sites (N-methyl/N-ethyl adjacent to an activating group) is 1. The van der Waals surface area contributed by atoms with E-state index in [1.54, 1.807) is 7.05 Å². The van der Waals surface area contributed by atoms with Crippen molar-refractivity contribution in [3.63, 3.8) is 0 Å². The van der Waals surface area contributed by atoms with E-state index >= 15 is 0 Å². The molecule has 0 saturated heterocycles.